The monoisotopic (exact) mass is 480 g/mol. The topological polar surface area (TPSA) is 58.4 Å². The first-order valence-corrected chi connectivity index (χ1v) is 12.7. The molecule has 0 unspecified atom stereocenters. The molecule has 1 amide bonds. The lowest BCUT2D eigenvalue weighted by Gasteiger charge is -2.30. The SMILES string of the molecule is CCCN(CCn1nc(Cc2ccc(Cl)cc2)c2ccccc2c1=O)CC(=O)N1CCCCC1. The van der Waals surface area contributed by atoms with Gasteiger partial charge in [-0.3, -0.25) is 14.5 Å². The number of aromatic nitrogens is 2. The van der Waals surface area contributed by atoms with Gasteiger partial charge >= 0.3 is 0 Å². The Kier molecular flexibility index (Phi) is 8.35. The third-order valence-corrected chi connectivity index (χ3v) is 6.72. The fourth-order valence-electron chi connectivity index (χ4n) is 4.64. The van der Waals surface area contributed by atoms with Crippen molar-refractivity contribution < 1.29 is 4.79 Å². The quantitative estimate of drug-likeness (QED) is 0.456. The number of piperidine rings is 1. The second-order valence-corrected chi connectivity index (χ2v) is 9.48. The van der Waals surface area contributed by atoms with Crippen LogP contribution < -0.4 is 5.56 Å². The van der Waals surface area contributed by atoms with Crippen LogP contribution in [0.4, 0.5) is 0 Å². The Morgan fingerprint density at radius 2 is 1.71 bits per heavy atom. The van der Waals surface area contributed by atoms with E-state index in [0.29, 0.717) is 36.5 Å². The van der Waals surface area contributed by atoms with Crippen molar-refractivity contribution >= 4 is 28.3 Å². The predicted molar refractivity (Wildman–Crippen MR) is 137 cm³/mol. The Hall–Kier alpha value is -2.70. The van der Waals surface area contributed by atoms with Gasteiger partial charge in [0.2, 0.25) is 5.91 Å². The summed E-state index contributed by atoms with van der Waals surface area (Å²) >= 11 is 6.05. The summed E-state index contributed by atoms with van der Waals surface area (Å²) in [7, 11) is 0. The lowest BCUT2D eigenvalue weighted by Crippen LogP contribution is -2.44. The van der Waals surface area contributed by atoms with E-state index in [1.165, 1.54) is 6.42 Å². The summed E-state index contributed by atoms with van der Waals surface area (Å²) in [4.78, 5) is 30.2. The van der Waals surface area contributed by atoms with E-state index in [-0.39, 0.29) is 11.5 Å². The van der Waals surface area contributed by atoms with Gasteiger partial charge in [0.05, 0.1) is 24.2 Å². The fraction of sp³-hybridized carbons (Fsp3) is 0.444. The number of hydrogen-bond donors (Lipinski definition) is 0. The molecule has 0 radical (unpaired) electrons. The van der Waals surface area contributed by atoms with E-state index in [4.69, 9.17) is 16.7 Å². The van der Waals surface area contributed by atoms with Crippen molar-refractivity contribution in [2.45, 2.75) is 45.6 Å². The fourth-order valence-corrected chi connectivity index (χ4v) is 4.77. The minimum atomic E-state index is -0.0886. The average Bonchev–Trinajstić information content (AvgIpc) is 2.87. The van der Waals surface area contributed by atoms with Gasteiger partial charge in [-0.1, -0.05) is 48.9 Å². The number of fused-ring (bicyclic) bond motifs is 1. The minimum absolute atomic E-state index is 0.0886. The van der Waals surface area contributed by atoms with E-state index in [9.17, 15) is 9.59 Å². The molecule has 0 aliphatic carbocycles. The van der Waals surface area contributed by atoms with Gasteiger partial charge in [0.1, 0.15) is 0 Å². The Labute approximate surface area is 206 Å². The molecule has 1 fully saturated rings. The molecule has 4 rings (SSSR count). The zero-order valence-corrected chi connectivity index (χ0v) is 20.6. The molecule has 1 aliphatic heterocycles. The first-order valence-electron chi connectivity index (χ1n) is 12.3. The maximum absolute atomic E-state index is 13.2. The number of carbonyl (C=O) groups is 1. The number of nitrogens with zero attached hydrogens (tertiary/aromatic N) is 4. The van der Waals surface area contributed by atoms with E-state index < -0.39 is 0 Å². The number of amides is 1. The van der Waals surface area contributed by atoms with Crippen LogP contribution in [-0.4, -0.2) is 58.2 Å². The van der Waals surface area contributed by atoms with Crippen LogP contribution in [0.15, 0.2) is 53.3 Å². The number of likely N-dealkylation sites (tertiary alicyclic amines) is 1. The second-order valence-electron chi connectivity index (χ2n) is 9.04. The largest absolute Gasteiger partial charge is 0.342 e. The second kappa shape index (κ2) is 11.6. The van der Waals surface area contributed by atoms with Crippen LogP contribution in [0.1, 0.15) is 43.9 Å². The van der Waals surface area contributed by atoms with Crippen molar-refractivity contribution in [3.05, 3.63) is 75.2 Å². The van der Waals surface area contributed by atoms with Crippen molar-refractivity contribution in [1.82, 2.24) is 19.6 Å². The van der Waals surface area contributed by atoms with Crippen molar-refractivity contribution in [3.63, 3.8) is 0 Å². The van der Waals surface area contributed by atoms with Crippen molar-refractivity contribution in [2.75, 3.05) is 32.7 Å². The normalized spacial score (nSPS) is 14.1. The molecule has 7 heteroatoms. The molecule has 1 aliphatic rings. The van der Waals surface area contributed by atoms with E-state index >= 15 is 0 Å². The zero-order chi connectivity index (χ0) is 23.9. The van der Waals surface area contributed by atoms with E-state index in [0.717, 1.165) is 55.5 Å². The van der Waals surface area contributed by atoms with Crippen LogP contribution in [0.5, 0.6) is 0 Å². The lowest BCUT2D eigenvalue weighted by molar-refractivity contribution is -0.133. The highest BCUT2D eigenvalue weighted by Crippen LogP contribution is 2.18. The van der Waals surface area contributed by atoms with Gasteiger partial charge in [-0.05, 0) is 56.0 Å². The molecule has 2 aromatic carbocycles. The number of halogens is 1. The average molecular weight is 481 g/mol. The maximum atomic E-state index is 13.2. The van der Waals surface area contributed by atoms with E-state index in [1.54, 1.807) is 4.68 Å². The van der Waals surface area contributed by atoms with Gasteiger partial charge in [0, 0.05) is 36.5 Å². The molecule has 0 atom stereocenters. The van der Waals surface area contributed by atoms with Crippen LogP contribution in [-0.2, 0) is 17.8 Å². The number of carbonyl (C=O) groups excluding carboxylic acids is 1. The van der Waals surface area contributed by atoms with E-state index in [1.807, 2.05) is 53.4 Å². The summed E-state index contributed by atoms with van der Waals surface area (Å²) in [5.41, 5.74) is 1.87. The first kappa shape index (κ1) is 24.4. The minimum Gasteiger partial charge on any atom is -0.342 e. The third kappa shape index (κ3) is 6.05. The highest BCUT2D eigenvalue weighted by Gasteiger charge is 2.19. The summed E-state index contributed by atoms with van der Waals surface area (Å²) in [5, 5.41) is 7.02. The lowest BCUT2D eigenvalue weighted by atomic mass is 10.0. The highest BCUT2D eigenvalue weighted by atomic mass is 35.5. The van der Waals surface area contributed by atoms with Gasteiger partial charge in [0.25, 0.3) is 5.56 Å². The molecule has 0 N–H and O–H groups in total. The summed E-state index contributed by atoms with van der Waals surface area (Å²) in [6, 6.07) is 15.4. The Morgan fingerprint density at radius 3 is 2.41 bits per heavy atom. The summed E-state index contributed by atoms with van der Waals surface area (Å²) in [6.45, 7) is 6.11. The van der Waals surface area contributed by atoms with Gasteiger partial charge in [-0.15, -0.1) is 0 Å². The summed E-state index contributed by atoms with van der Waals surface area (Å²) < 4.78 is 1.57. The molecular weight excluding hydrogens is 448 g/mol. The molecule has 0 saturated carbocycles. The van der Waals surface area contributed by atoms with Crippen LogP contribution in [0.3, 0.4) is 0 Å². The Morgan fingerprint density at radius 1 is 1.00 bits per heavy atom. The highest BCUT2D eigenvalue weighted by molar-refractivity contribution is 6.30. The van der Waals surface area contributed by atoms with Crippen molar-refractivity contribution in [1.29, 1.82) is 0 Å². The van der Waals surface area contributed by atoms with Gasteiger partial charge in [-0.2, -0.15) is 5.10 Å². The summed E-state index contributed by atoms with van der Waals surface area (Å²) in [6.07, 6.45) is 4.95. The number of benzene rings is 2. The molecule has 180 valence electrons. The van der Waals surface area contributed by atoms with Crippen molar-refractivity contribution in [2.24, 2.45) is 0 Å². The van der Waals surface area contributed by atoms with E-state index in [2.05, 4.69) is 11.8 Å². The Bertz CT molecular complexity index is 1170. The zero-order valence-electron chi connectivity index (χ0n) is 19.9. The molecule has 0 spiro atoms. The van der Waals surface area contributed by atoms with Gasteiger partial charge in [0.15, 0.2) is 0 Å². The standard InChI is InChI=1S/C27H33ClN4O2/c1-2-14-30(20-26(33)31-15-6-3-7-16-31)17-18-32-27(34)24-9-5-4-8-23(24)25(29-32)19-21-10-12-22(28)13-11-21/h4-5,8-13H,2-3,6-7,14-20H2,1H3. The smallest absolute Gasteiger partial charge is 0.274 e. The molecule has 6 nitrogen and oxygen atoms in total. The van der Waals surface area contributed by atoms with Crippen LogP contribution in [0, 0.1) is 0 Å². The third-order valence-electron chi connectivity index (χ3n) is 6.46. The molecular formula is C27H33ClN4O2. The Balaban J connectivity index is 1.54. The molecule has 2 heterocycles. The van der Waals surface area contributed by atoms with Crippen LogP contribution in [0.2, 0.25) is 5.02 Å². The van der Waals surface area contributed by atoms with Crippen LogP contribution in [0.25, 0.3) is 10.8 Å². The molecule has 3 aromatic rings. The van der Waals surface area contributed by atoms with Gasteiger partial charge < -0.3 is 4.90 Å². The number of hydrogen-bond acceptors (Lipinski definition) is 4. The maximum Gasteiger partial charge on any atom is 0.274 e. The van der Waals surface area contributed by atoms with Gasteiger partial charge in [-0.25, -0.2) is 4.68 Å². The molecule has 34 heavy (non-hydrogen) atoms. The molecule has 1 saturated heterocycles. The first-order chi connectivity index (χ1) is 16.5. The molecule has 0 bridgehead atoms. The predicted octanol–water partition coefficient (Wildman–Crippen LogP) is 4.37. The summed E-state index contributed by atoms with van der Waals surface area (Å²) in [5.74, 6) is 0.190. The van der Waals surface area contributed by atoms with Crippen LogP contribution >= 0.6 is 11.6 Å². The number of rotatable bonds is 9. The van der Waals surface area contributed by atoms with Crippen molar-refractivity contribution in [3.8, 4) is 0 Å². The molecule has 1 aromatic heterocycles.